The summed E-state index contributed by atoms with van der Waals surface area (Å²) in [6.45, 7) is 2.32. The van der Waals surface area contributed by atoms with Gasteiger partial charge in [-0.2, -0.15) is 0 Å². The molecule has 1 N–H and O–H groups in total. The van der Waals surface area contributed by atoms with Crippen molar-refractivity contribution in [1.29, 1.82) is 0 Å². The topological polar surface area (TPSA) is 80.8 Å². The fraction of sp³-hybridized carbons (Fsp3) is 0.438. The minimum atomic E-state index is -0.206. The van der Waals surface area contributed by atoms with Crippen LogP contribution in [0.4, 0.5) is 5.13 Å². The van der Waals surface area contributed by atoms with Crippen LogP contribution in [0.25, 0.3) is 10.2 Å². The predicted octanol–water partition coefficient (Wildman–Crippen LogP) is 1.88. The zero-order valence-electron chi connectivity index (χ0n) is 13.4. The second kappa shape index (κ2) is 7.59. The van der Waals surface area contributed by atoms with E-state index >= 15 is 0 Å². The van der Waals surface area contributed by atoms with E-state index in [0.717, 1.165) is 16.0 Å². The Kier molecular flexibility index (Phi) is 5.27. The molecule has 3 rings (SSSR count). The molecule has 0 aliphatic carbocycles. The molecule has 1 aliphatic rings. The number of rotatable bonds is 5. The largest absolute Gasteiger partial charge is 0.497 e. The SMILES string of the molecule is COc1ccc2nc(NC(=O)CCC(=O)N3CCOCC3)sc2c1. The molecule has 0 bridgehead atoms. The van der Waals surface area contributed by atoms with E-state index in [9.17, 15) is 9.59 Å². The Labute approximate surface area is 143 Å². The summed E-state index contributed by atoms with van der Waals surface area (Å²) in [6, 6.07) is 5.56. The number of amides is 2. The van der Waals surface area contributed by atoms with Crippen LogP contribution in [0.15, 0.2) is 18.2 Å². The zero-order chi connectivity index (χ0) is 16.9. The summed E-state index contributed by atoms with van der Waals surface area (Å²) in [5.41, 5.74) is 0.806. The monoisotopic (exact) mass is 349 g/mol. The lowest BCUT2D eigenvalue weighted by atomic mass is 10.2. The van der Waals surface area contributed by atoms with Crippen LogP contribution in [-0.4, -0.2) is 55.1 Å². The van der Waals surface area contributed by atoms with Crippen molar-refractivity contribution in [1.82, 2.24) is 9.88 Å². The van der Waals surface area contributed by atoms with Crippen LogP contribution in [0.5, 0.6) is 5.75 Å². The summed E-state index contributed by atoms with van der Waals surface area (Å²) in [7, 11) is 1.61. The Bertz CT molecular complexity index is 740. The van der Waals surface area contributed by atoms with Crippen molar-refractivity contribution >= 4 is 38.5 Å². The number of fused-ring (bicyclic) bond motifs is 1. The van der Waals surface area contributed by atoms with Gasteiger partial charge >= 0.3 is 0 Å². The lowest BCUT2D eigenvalue weighted by Crippen LogP contribution is -2.40. The van der Waals surface area contributed by atoms with E-state index in [0.29, 0.717) is 31.4 Å². The Balaban J connectivity index is 1.53. The molecular weight excluding hydrogens is 330 g/mol. The summed E-state index contributed by atoms with van der Waals surface area (Å²) in [5, 5.41) is 3.29. The molecule has 2 amide bonds. The van der Waals surface area contributed by atoms with E-state index in [1.54, 1.807) is 12.0 Å². The van der Waals surface area contributed by atoms with E-state index in [2.05, 4.69) is 10.3 Å². The summed E-state index contributed by atoms with van der Waals surface area (Å²) in [5.74, 6) is 0.533. The minimum Gasteiger partial charge on any atom is -0.497 e. The number of morpholine rings is 1. The third-order valence-corrected chi connectivity index (χ3v) is 4.71. The van der Waals surface area contributed by atoms with Gasteiger partial charge in [-0.15, -0.1) is 0 Å². The number of methoxy groups -OCH3 is 1. The molecule has 128 valence electrons. The highest BCUT2D eigenvalue weighted by Gasteiger charge is 2.18. The fourth-order valence-corrected chi connectivity index (χ4v) is 3.37. The Morgan fingerprint density at radius 2 is 2.12 bits per heavy atom. The highest BCUT2D eigenvalue weighted by molar-refractivity contribution is 7.22. The molecule has 0 unspecified atom stereocenters. The summed E-state index contributed by atoms with van der Waals surface area (Å²) in [4.78, 5) is 30.2. The Morgan fingerprint density at radius 3 is 2.88 bits per heavy atom. The molecule has 7 nitrogen and oxygen atoms in total. The van der Waals surface area contributed by atoms with Crippen LogP contribution in [0.2, 0.25) is 0 Å². The lowest BCUT2D eigenvalue weighted by Gasteiger charge is -2.26. The van der Waals surface area contributed by atoms with Crippen molar-refractivity contribution in [3.05, 3.63) is 18.2 Å². The average molecular weight is 349 g/mol. The average Bonchev–Trinajstić information content (AvgIpc) is 3.01. The van der Waals surface area contributed by atoms with E-state index in [1.807, 2.05) is 18.2 Å². The van der Waals surface area contributed by atoms with Gasteiger partial charge in [0, 0.05) is 25.9 Å². The van der Waals surface area contributed by atoms with Crippen LogP contribution in [0, 0.1) is 0 Å². The molecule has 1 aromatic heterocycles. The van der Waals surface area contributed by atoms with Crippen molar-refractivity contribution in [2.45, 2.75) is 12.8 Å². The third-order valence-electron chi connectivity index (χ3n) is 3.77. The van der Waals surface area contributed by atoms with Crippen molar-refractivity contribution in [2.75, 3.05) is 38.7 Å². The minimum absolute atomic E-state index is 0.0116. The maximum atomic E-state index is 12.0. The first-order valence-electron chi connectivity index (χ1n) is 7.75. The van der Waals surface area contributed by atoms with Crippen LogP contribution < -0.4 is 10.1 Å². The van der Waals surface area contributed by atoms with Crippen LogP contribution >= 0.6 is 11.3 Å². The molecule has 1 fully saturated rings. The molecule has 1 aliphatic heterocycles. The molecule has 2 aromatic rings. The zero-order valence-corrected chi connectivity index (χ0v) is 14.2. The number of aromatic nitrogens is 1. The van der Waals surface area contributed by atoms with Crippen molar-refractivity contribution in [3.8, 4) is 5.75 Å². The van der Waals surface area contributed by atoms with Gasteiger partial charge in [0.1, 0.15) is 5.75 Å². The van der Waals surface area contributed by atoms with Crippen molar-refractivity contribution < 1.29 is 19.1 Å². The highest BCUT2D eigenvalue weighted by atomic mass is 32.1. The number of carbonyl (C=O) groups excluding carboxylic acids is 2. The first-order valence-corrected chi connectivity index (χ1v) is 8.57. The number of nitrogens with zero attached hydrogens (tertiary/aromatic N) is 2. The molecule has 0 spiro atoms. The van der Waals surface area contributed by atoms with Gasteiger partial charge < -0.3 is 19.7 Å². The molecule has 1 saturated heterocycles. The molecule has 1 aromatic carbocycles. The number of thiazole rings is 1. The smallest absolute Gasteiger partial charge is 0.226 e. The number of benzene rings is 1. The Hall–Kier alpha value is -2.19. The van der Waals surface area contributed by atoms with E-state index < -0.39 is 0 Å². The fourth-order valence-electron chi connectivity index (χ4n) is 2.46. The molecule has 2 heterocycles. The second-order valence-corrected chi connectivity index (χ2v) is 6.42. The molecule has 8 heteroatoms. The molecule has 0 radical (unpaired) electrons. The van der Waals surface area contributed by atoms with Crippen molar-refractivity contribution in [3.63, 3.8) is 0 Å². The number of ether oxygens (including phenoxy) is 2. The van der Waals surface area contributed by atoms with E-state index in [-0.39, 0.29) is 24.7 Å². The van der Waals surface area contributed by atoms with E-state index in [1.165, 1.54) is 11.3 Å². The van der Waals surface area contributed by atoms with Gasteiger partial charge in [0.05, 0.1) is 30.5 Å². The molecular formula is C16H19N3O4S. The van der Waals surface area contributed by atoms with Crippen LogP contribution in [0.1, 0.15) is 12.8 Å². The highest BCUT2D eigenvalue weighted by Crippen LogP contribution is 2.29. The molecule has 0 saturated carbocycles. The van der Waals surface area contributed by atoms with Gasteiger partial charge in [0.15, 0.2) is 5.13 Å². The number of anilines is 1. The van der Waals surface area contributed by atoms with Gasteiger partial charge in [-0.25, -0.2) is 4.98 Å². The molecule has 0 atom stereocenters. The quantitative estimate of drug-likeness (QED) is 0.891. The van der Waals surface area contributed by atoms with E-state index in [4.69, 9.17) is 9.47 Å². The number of hydrogen-bond acceptors (Lipinski definition) is 6. The van der Waals surface area contributed by atoms with Gasteiger partial charge in [0.25, 0.3) is 0 Å². The van der Waals surface area contributed by atoms with Gasteiger partial charge in [-0.1, -0.05) is 11.3 Å². The standard InChI is InChI=1S/C16H19N3O4S/c1-22-11-2-3-12-13(10-11)24-16(17-12)18-14(20)4-5-15(21)19-6-8-23-9-7-19/h2-3,10H,4-9H2,1H3,(H,17,18,20). The lowest BCUT2D eigenvalue weighted by molar-refractivity contribution is -0.136. The second-order valence-electron chi connectivity index (χ2n) is 5.39. The predicted molar refractivity (Wildman–Crippen MR) is 91.4 cm³/mol. The van der Waals surface area contributed by atoms with Gasteiger partial charge in [-0.05, 0) is 18.2 Å². The van der Waals surface area contributed by atoms with Crippen LogP contribution in [0.3, 0.4) is 0 Å². The number of nitrogens with one attached hydrogen (secondary N) is 1. The Morgan fingerprint density at radius 1 is 1.33 bits per heavy atom. The summed E-state index contributed by atoms with van der Waals surface area (Å²) < 4.78 is 11.3. The van der Waals surface area contributed by atoms with Gasteiger partial charge in [-0.3, -0.25) is 9.59 Å². The molecule has 24 heavy (non-hydrogen) atoms. The third kappa shape index (κ3) is 4.01. The first-order chi connectivity index (χ1) is 11.7. The van der Waals surface area contributed by atoms with Gasteiger partial charge in [0.2, 0.25) is 11.8 Å². The van der Waals surface area contributed by atoms with Crippen LogP contribution in [-0.2, 0) is 14.3 Å². The summed E-state index contributed by atoms with van der Waals surface area (Å²) in [6.07, 6.45) is 0.347. The maximum Gasteiger partial charge on any atom is 0.226 e. The van der Waals surface area contributed by atoms with Crippen molar-refractivity contribution in [2.24, 2.45) is 0 Å². The normalized spacial score (nSPS) is 14.6. The number of hydrogen-bond donors (Lipinski definition) is 1. The maximum absolute atomic E-state index is 12.0. The summed E-state index contributed by atoms with van der Waals surface area (Å²) >= 11 is 1.38. The number of carbonyl (C=O) groups is 2. The first kappa shape index (κ1) is 16.7.